The summed E-state index contributed by atoms with van der Waals surface area (Å²) in [4.78, 5) is 0. The van der Waals surface area contributed by atoms with Crippen molar-refractivity contribution in [2.75, 3.05) is 6.16 Å². The lowest BCUT2D eigenvalue weighted by molar-refractivity contribution is 0.193. The molecule has 48 valence electrons. The van der Waals surface area contributed by atoms with Gasteiger partial charge in [-0.05, 0) is 6.42 Å². The molecule has 8 heavy (non-hydrogen) atoms. The lowest BCUT2D eigenvalue weighted by Crippen LogP contribution is -2.09. The first-order chi connectivity index (χ1) is 3.72. The molecule has 0 saturated carbocycles. The highest BCUT2D eigenvalue weighted by atomic mass is 35.5. The summed E-state index contributed by atoms with van der Waals surface area (Å²) in [5, 5.41) is 8.42. The Morgan fingerprint density at radius 1 is 1.75 bits per heavy atom. The lowest BCUT2D eigenvalue weighted by Gasteiger charge is -2.01. The van der Waals surface area contributed by atoms with Crippen LogP contribution in [0, 0.1) is 0 Å². The van der Waals surface area contributed by atoms with E-state index in [1.165, 1.54) is 0 Å². The van der Waals surface area contributed by atoms with Gasteiger partial charge in [0.2, 0.25) is 0 Å². The van der Waals surface area contributed by atoms with Crippen molar-refractivity contribution < 1.29 is 9.67 Å². The van der Waals surface area contributed by atoms with Crippen molar-refractivity contribution in [1.82, 2.24) is 0 Å². The molecule has 3 atom stereocenters. The fraction of sp³-hybridized carbons (Fsp3) is 1.00. The molecule has 0 aromatic carbocycles. The van der Waals surface area contributed by atoms with Gasteiger partial charge in [0.25, 0.3) is 0 Å². The van der Waals surface area contributed by atoms with E-state index in [2.05, 4.69) is 0 Å². The molecule has 0 amide bonds. The molecule has 0 aromatic rings. The van der Waals surface area contributed by atoms with Crippen molar-refractivity contribution >= 4 is 19.4 Å². The van der Waals surface area contributed by atoms with E-state index in [-0.39, 0.29) is 0 Å². The Labute approximate surface area is 53.6 Å². The van der Waals surface area contributed by atoms with Crippen LogP contribution in [0.25, 0.3) is 0 Å². The van der Waals surface area contributed by atoms with Gasteiger partial charge in [-0.15, -0.1) is 11.6 Å². The van der Waals surface area contributed by atoms with Crippen molar-refractivity contribution in [1.29, 1.82) is 0 Å². The number of halogens is 1. The molecule has 0 aromatic heterocycles. The molecule has 1 N–H and O–H groups in total. The Morgan fingerprint density at radius 3 is 2.50 bits per heavy atom. The van der Waals surface area contributed by atoms with E-state index in [9.17, 15) is 4.57 Å². The summed E-state index contributed by atoms with van der Waals surface area (Å²) in [6.45, 7) is 0. The van der Waals surface area contributed by atoms with Gasteiger partial charge >= 0.3 is 0 Å². The fourth-order valence-corrected chi connectivity index (χ4v) is 2.69. The SMILES string of the molecule is O=[PH]1CCC(O)C1Cl. The average molecular weight is 155 g/mol. The van der Waals surface area contributed by atoms with Crippen LogP contribution in [0.5, 0.6) is 0 Å². The first-order valence-electron chi connectivity index (χ1n) is 2.56. The second-order valence-corrected chi connectivity index (χ2v) is 4.86. The van der Waals surface area contributed by atoms with E-state index in [0.717, 1.165) is 0 Å². The fourth-order valence-electron chi connectivity index (χ4n) is 0.789. The summed E-state index contributed by atoms with van der Waals surface area (Å²) in [5.74, 6) is 0. The van der Waals surface area contributed by atoms with Crippen molar-refractivity contribution in [2.24, 2.45) is 0 Å². The van der Waals surface area contributed by atoms with Crippen LogP contribution in [0.15, 0.2) is 0 Å². The molecule has 1 rings (SSSR count). The molecule has 3 unspecified atom stereocenters. The Hall–Kier alpha value is 0.480. The van der Waals surface area contributed by atoms with Gasteiger partial charge in [0.15, 0.2) is 0 Å². The largest absolute Gasteiger partial charge is 0.391 e. The molecule has 4 heteroatoms. The van der Waals surface area contributed by atoms with Gasteiger partial charge < -0.3 is 9.67 Å². The smallest absolute Gasteiger partial charge is 0.110 e. The summed E-state index contributed by atoms with van der Waals surface area (Å²) in [6.07, 6.45) is 0.731. The maximum absolute atomic E-state index is 10.7. The van der Waals surface area contributed by atoms with E-state index in [1.807, 2.05) is 0 Å². The summed E-state index contributed by atoms with van der Waals surface area (Å²) >= 11 is 5.50. The Kier molecular flexibility index (Phi) is 1.97. The second kappa shape index (κ2) is 2.38. The van der Waals surface area contributed by atoms with Gasteiger partial charge in [-0.1, -0.05) is 0 Å². The second-order valence-electron chi connectivity index (χ2n) is 1.97. The van der Waals surface area contributed by atoms with E-state index in [1.54, 1.807) is 0 Å². The van der Waals surface area contributed by atoms with Crippen molar-refractivity contribution in [3.63, 3.8) is 0 Å². The summed E-state index contributed by atoms with van der Waals surface area (Å²) in [5.41, 5.74) is 0. The zero-order valence-electron chi connectivity index (χ0n) is 4.30. The molecule has 0 spiro atoms. The van der Waals surface area contributed by atoms with E-state index < -0.39 is 19.0 Å². The highest BCUT2D eigenvalue weighted by Crippen LogP contribution is 2.41. The minimum atomic E-state index is -1.62. The van der Waals surface area contributed by atoms with Crippen LogP contribution in [0.2, 0.25) is 0 Å². The van der Waals surface area contributed by atoms with E-state index in [0.29, 0.717) is 12.6 Å². The van der Waals surface area contributed by atoms with Crippen LogP contribution in [-0.4, -0.2) is 22.5 Å². The number of rotatable bonds is 0. The molecule has 1 saturated heterocycles. The average Bonchev–Trinajstić information content (AvgIpc) is 1.98. The molecule has 1 aliphatic heterocycles. The number of alkyl halides is 1. The number of hydrogen-bond acceptors (Lipinski definition) is 2. The Bertz CT molecular complexity index is 117. The van der Waals surface area contributed by atoms with Crippen LogP contribution in [-0.2, 0) is 4.57 Å². The van der Waals surface area contributed by atoms with Crippen LogP contribution < -0.4 is 0 Å². The van der Waals surface area contributed by atoms with Gasteiger partial charge in [0, 0.05) is 6.16 Å². The van der Waals surface area contributed by atoms with Crippen LogP contribution in [0.4, 0.5) is 0 Å². The minimum absolute atomic E-state index is 0.444. The number of aliphatic hydroxyl groups is 1. The van der Waals surface area contributed by atoms with E-state index in [4.69, 9.17) is 16.7 Å². The standard InChI is InChI=1S/C4H8ClO2P/c5-4-3(6)1-2-8(4)7/h3-4,6,8H,1-2H2. The van der Waals surface area contributed by atoms with Crippen LogP contribution in [0.3, 0.4) is 0 Å². The third-order valence-electron chi connectivity index (χ3n) is 1.33. The van der Waals surface area contributed by atoms with Crippen LogP contribution >= 0.6 is 19.4 Å². The Morgan fingerprint density at radius 2 is 2.38 bits per heavy atom. The molecule has 2 nitrogen and oxygen atoms in total. The molecular formula is C4H8ClO2P. The van der Waals surface area contributed by atoms with Gasteiger partial charge in [-0.3, -0.25) is 0 Å². The Balaban J connectivity index is 2.56. The van der Waals surface area contributed by atoms with Crippen molar-refractivity contribution in [3.05, 3.63) is 0 Å². The van der Waals surface area contributed by atoms with Gasteiger partial charge in [0.1, 0.15) is 5.12 Å². The molecular weight excluding hydrogens is 146 g/mol. The van der Waals surface area contributed by atoms with Gasteiger partial charge in [0.05, 0.1) is 13.9 Å². The highest BCUT2D eigenvalue weighted by molar-refractivity contribution is 7.48. The number of hydrogen-bond donors (Lipinski definition) is 1. The van der Waals surface area contributed by atoms with Gasteiger partial charge in [-0.2, -0.15) is 0 Å². The zero-order valence-corrected chi connectivity index (χ0v) is 6.06. The molecule has 1 fully saturated rings. The molecule has 1 heterocycles. The van der Waals surface area contributed by atoms with Crippen LogP contribution in [0.1, 0.15) is 6.42 Å². The van der Waals surface area contributed by atoms with Crippen molar-refractivity contribution in [2.45, 2.75) is 17.6 Å². The third kappa shape index (κ3) is 1.07. The minimum Gasteiger partial charge on any atom is -0.391 e. The highest BCUT2D eigenvalue weighted by Gasteiger charge is 2.29. The summed E-state index contributed by atoms with van der Waals surface area (Å²) in [7, 11) is -1.62. The maximum Gasteiger partial charge on any atom is 0.110 e. The van der Waals surface area contributed by atoms with Crippen molar-refractivity contribution in [3.8, 4) is 0 Å². The monoisotopic (exact) mass is 154 g/mol. The normalized spacial score (nSPS) is 47.5. The topological polar surface area (TPSA) is 37.3 Å². The predicted octanol–water partition coefficient (Wildman–Crippen LogP) is 0.876. The maximum atomic E-state index is 10.7. The first-order valence-corrected chi connectivity index (χ1v) is 4.69. The first kappa shape index (κ1) is 6.60. The van der Waals surface area contributed by atoms with Gasteiger partial charge in [-0.25, -0.2) is 0 Å². The molecule has 1 aliphatic rings. The summed E-state index contributed by atoms with van der Waals surface area (Å²) in [6, 6.07) is 0. The molecule has 0 aliphatic carbocycles. The molecule has 0 bridgehead atoms. The van der Waals surface area contributed by atoms with E-state index >= 15 is 0 Å². The predicted molar refractivity (Wildman–Crippen MR) is 34.1 cm³/mol. The zero-order chi connectivity index (χ0) is 6.15. The lowest BCUT2D eigenvalue weighted by atomic mass is 10.3. The number of aliphatic hydroxyl groups excluding tert-OH is 1. The molecule has 0 radical (unpaired) electrons. The summed E-state index contributed by atoms with van der Waals surface area (Å²) < 4.78 is 10.7. The quantitative estimate of drug-likeness (QED) is 0.415. The third-order valence-corrected chi connectivity index (χ3v) is 4.13.